The van der Waals surface area contributed by atoms with Gasteiger partial charge in [0.2, 0.25) is 5.82 Å². The number of pyridine rings is 1. The Morgan fingerprint density at radius 3 is 2.18 bits per heavy atom. The first-order valence-corrected chi connectivity index (χ1v) is 13.8. The summed E-state index contributed by atoms with van der Waals surface area (Å²) in [5.74, 6) is -0.411. The summed E-state index contributed by atoms with van der Waals surface area (Å²) in [4.78, 5) is 38.7. The molecule has 2 aliphatic rings. The fourth-order valence-corrected chi connectivity index (χ4v) is 6.41. The van der Waals surface area contributed by atoms with Gasteiger partial charge in [-0.25, -0.2) is 4.98 Å². The highest BCUT2D eigenvalue weighted by atomic mass is 19.4. The molecule has 3 atom stereocenters. The van der Waals surface area contributed by atoms with Crippen molar-refractivity contribution in [3.63, 3.8) is 0 Å². The summed E-state index contributed by atoms with van der Waals surface area (Å²) in [6.07, 6.45) is -7.88. The minimum absolute atomic E-state index is 0.0386. The van der Waals surface area contributed by atoms with Gasteiger partial charge in [0.05, 0.1) is 23.1 Å². The molecule has 1 amide bonds. The van der Waals surface area contributed by atoms with Gasteiger partial charge in [0, 0.05) is 35.3 Å². The van der Waals surface area contributed by atoms with Gasteiger partial charge in [0.1, 0.15) is 11.6 Å². The molecule has 0 saturated carbocycles. The number of carbonyl (C=O) groups excluding carboxylic acids is 2. The Bertz CT molecular complexity index is 1790. The van der Waals surface area contributed by atoms with E-state index in [0.717, 1.165) is 16.8 Å². The number of anilines is 1. The minimum Gasteiger partial charge on any atom is -0.383 e. The number of hydrogen-bond acceptors (Lipinski definition) is 9. The second-order valence-electron chi connectivity index (χ2n) is 11.3. The van der Waals surface area contributed by atoms with Gasteiger partial charge in [0.25, 0.3) is 11.5 Å². The van der Waals surface area contributed by atoms with Crippen LogP contribution in [0.25, 0.3) is 16.8 Å². The second-order valence-corrected chi connectivity index (χ2v) is 11.3. The first kappa shape index (κ1) is 30.4. The van der Waals surface area contributed by atoms with Crippen molar-refractivity contribution in [2.45, 2.75) is 75.5 Å². The number of aromatic nitrogens is 7. The third-order valence-electron chi connectivity index (χ3n) is 8.48. The maximum atomic E-state index is 13.3. The molecule has 0 spiro atoms. The zero-order valence-corrected chi connectivity index (χ0v) is 23.6. The lowest BCUT2D eigenvalue weighted by Gasteiger charge is -2.38. The number of hydrogen-bond donors (Lipinski definition) is 3. The molecule has 0 aromatic carbocycles. The number of aromatic amines is 1. The van der Waals surface area contributed by atoms with Gasteiger partial charge in [-0.05, 0) is 45.6 Å². The number of ketones is 1. The number of alkyl halides is 6. The van der Waals surface area contributed by atoms with E-state index in [2.05, 4.69) is 25.3 Å². The first-order valence-electron chi connectivity index (χ1n) is 13.8. The zero-order valence-electron chi connectivity index (χ0n) is 23.6. The minimum atomic E-state index is -6.09. The van der Waals surface area contributed by atoms with Crippen molar-refractivity contribution in [2.75, 3.05) is 5.73 Å². The van der Waals surface area contributed by atoms with Gasteiger partial charge in [-0.15, -0.1) is 10.2 Å². The number of nitrogens with one attached hydrogen (secondary N) is 1. The number of Topliss-reactive ketones (excluding diaryl/α,β-unsaturated/α-hetero) is 1. The number of nitrogen functional groups attached to an aromatic ring is 1. The predicted octanol–water partition coefficient (Wildman–Crippen LogP) is 3.87. The largest absolute Gasteiger partial charge is 0.432 e. The Morgan fingerprint density at radius 1 is 1.02 bits per heavy atom. The third kappa shape index (κ3) is 4.69. The third-order valence-corrected chi connectivity index (χ3v) is 8.48. The van der Waals surface area contributed by atoms with Crippen molar-refractivity contribution in [2.24, 2.45) is 0 Å². The average Bonchev–Trinajstić information content (AvgIpc) is 3.66. The number of nitrogens with zero attached hydrogens (tertiary/aromatic N) is 7. The van der Waals surface area contributed by atoms with Crippen LogP contribution < -0.4 is 5.73 Å². The number of halogens is 6. The maximum Gasteiger partial charge on any atom is 0.432 e. The van der Waals surface area contributed by atoms with Crippen LogP contribution in [-0.2, 0) is 5.60 Å². The molecule has 4 aromatic heterocycles. The van der Waals surface area contributed by atoms with Crippen LogP contribution in [0.2, 0.25) is 0 Å². The molecule has 2 saturated heterocycles. The lowest BCUT2D eigenvalue weighted by Crippen LogP contribution is -2.54. The Labute approximate surface area is 249 Å². The van der Waals surface area contributed by atoms with Crippen LogP contribution >= 0.6 is 0 Å². The molecule has 238 valence electrons. The van der Waals surface area contributed by atoms with Crippen LogP contribution in [0.15, 0.2) is 24.5 Å². The van der Waals surface area contributed by atoms with Gasteiger partial charge in [-0.1, -0.05) is 6.07 Å². The van der Waals surface area contributed by atoms with Gasteiger partial charge < -0.3 is 20.7 Å². The van der Waals surface area contributed by atoms with Crippen LogP contribution in [-0.4, -0.2) is 80.9 Å². The number of amides is 1. The number of H-pyrrole nitrogens is 1. The molecule has 45 heavy (non-hydrogen) atoms. The molecule has 4 N–H and O–H groups in total. The van der Waals surface area contributed by atoms with E-state index in [-0.39, 0.29) is 63.7 Å². The molecule has 6 heterocycles. The van der Waals surface area contributed by atoms with E-state index in [1.807, 2.05) is 0 Å². The zero-order chi connectivity index (χ0) is 32.6. The highest BCUT2D eigenvalue weighted by Crippen LogP contribution is 2.50. The van der Waals surface area contributed by atoms with E-state index in [1.54, 1.807) is 11.8 Å². The second kappa shape index (κ2) is 10.2. The van der Waals surface area contributed by atoms with E-state index in [1.165, 1.54) is 13.1 Å². The average molecular weight is 638 g/mol. The van der Waals surface area contributed by atoms with Crippen LogP contribution in [0.5, 0.6) is 0 Å². The molecular formula is C27H25F6N9O3. The normalized spacial score (nSPS) is 20.6. The lowest BCUT2D eigenvalue weighted by atomic mass is 9.85. The Kier molecular flexibility index (Phi) is 6.90. The van der Waals surface area contributed by atoms with E-state index in [4.69, 9.17) is 10.7 Å². The SMILES string of the molecule is CC(=O)c1c([C@H]2C[C@H]3CC[C@@H](C2)N3C(=O)c2nnc(C)[nH]2)nc2c(-c3ccc(C(O)(C(F)(F)F)C(F)(F)F)nc3)cnn2c1N. The molecule has 0 aliphatic carbocycles. The van der Waals surface area contributed by atoms with Gasteiger partial charge in [-0.2, -0.15) is 36.0 Å². The van der Waals surface area contributed by atoms with Crippen molar-refractivity contribution in [3.05, 3.63) is 53.1 Å². The van der Waals surface area contributed by atoms with Crippen LogP contribution in [0.3, 0.4) is 0 Å². The number of carbonyl (C=O) groups is 2. The Hall–Kier alpha value is -4.61. The summed E-state index contributed by atoms with van der Waals surface area (Å²) in [5, 5.41) is 21.6. The summed E-state index contributed by atoms with van der Waals surface area (Å²) in [5.41, 5.74) is 0.311. The molecule has 0 unspecified atom stereocenters. The molecule has 18 heteroatoms. The fourth-order valence-electron chi connectivity index (χ4n) is 6.41. The number of fused-ring (bicyclic) bond motifs is 3. The molecule has 2 bridgehead atoms. The summed E-state index contributed by atoms with van der Waals surface area (Å²) in [6.45, 7) is 3.00. The van der Waals surface area contributed by atoms with Crippen molar-refractivity contribution in [1.82, 2.24) is 39.7 Å². The standard InChI is InChI=1S/C27H25F6N9O3/c1-11(43)19-20(14-7-15-4-5-16(8-14)41(15)24(44)22-37-12(2)39-40-22)38-23-17(10-36-42(23)21(19)34)13-3-6-18(35-9-13)25(45,26(28,29)30)27(31,32)33/h3,6,9-10,14-16,45H,4-5,7-8,34H2,1-2H3,(H,37,39,40)/t14-,15+,16-. The van der Waals surface area contributed by atoms with Crippen LogP contribution in [0, 0.1) is 6.92 Å². The van der Waals surface area contributed by atoms with Crippen molar-refractivity contribution >= 4 is 23.2 Å². The molecule has 2 fully saturated rings. The fraction of sp³-hybridized carbons (Fsp3) is 0.444. The Balaban J connectivity index is 1.38. The number of rotatable bonds is 5. The van der Waals surface area contributed by atoms with Gasteiger partial charge in [-0.3, -0.25) is 14.6 Å². The van der Waals surface area contributed by atoms with Crippen LogP contribution in [0.1, 0.15) is 76.7 Å². The summed E-state index contributed by atoms with van der Waals surface area (Å²) >= 11 is 0. The molecule has 0 radical (unpaired) electrons. The number of aliphatic hydroxyl groups is 1. The monoisotopic (exact) mass is 637 g/mol. The van der Waals surface area contributed by atoms with Crippen molar-refractivity contribution in [1.29, 1.82) is 0 Å². The number of aryl methyl sites for hydroxylation is 1. The molecular weight excluding hydrogens is 612 g/mol. The van der Waals surface area contributed by atoms with Crippen molar-refractivity contribution < 1.29 is 41.0 Å². The van der Waals surface area contributed by atoms with E-state index >= 15 is 0 Å². The number of piperidine rings is 1. The summed E-state index contributed by atoms with van der Waals surface area (Å²) < 4.78 is 81.2. The molecule has 4 aromatic rings. The van der Waals surface area contributed by atoms with E-state index < -0.39 is 23.6 Å². The quantitative estimate of drug-likeness (QED) is 0.217. The maximum absolute atomic E-state index is 13.3. The summed E-state index contributed by atoms with van der Waals surface area (Å²) in [7, 11) is 0. The first-order chi connectivity index (χ1) is 21.0. The highest BCUT2D eigenvalue weighted by Gasteiger charge is 2.72. The Morgan fingerprint density at radius 2 is 1.67 bits per heavy atom. The topological polar surface area (TPSA) is 168 Å². The van der Waals surface area contributed by atoms with Crippen LogP contribution in [0.4, 0.5) is 32.2 Å². The molecule has 12 nitrogen and oxygen atoms in total. The lowest BCUT2D eigenvalue weighted by molar-refractivity contribution is -0.377. The van der Waals surface area contributed by atoms with Gasteiger partial charge in [0.15, 0.2) is 11.4 Å². The van der Waals surface area contributed by atoms with E-state index in [9.17, 15) is 41.0 Å². The van der Waals surface area contributed by atoms with Crippen molar-refractivity contribution in [3.8, 4) is 11.1 Å². The smallest absolute Gasteiger partial charge is 0.383 e. The summed E-state index contributed by atoms with van der Waals surface area (Å²) in [6, 6.07) is 0.975. The molecule has 2 aliphatic heterocycles. The highest BCUT2D eigenvalue weighted by molar-refractivity contribution is 6.00. The molecule has 6 rings (SSSR count). The van der Waals surface area contributed by atoms with E-state index in [0.29, 0.717) is 43.3 Å². The van der Waals surface area contributed by atoms with Gasteiger partial charge >= 0.3 is 12.4 Å². The predicted molar refractivity (Wildman–Crippen MR) is 143 cm³/mol. The number of nitrogens with two attached hydrogens (primary N) is 1.